The predicted octanol–water partition coefficient (Wildman–Crippen LogP) is -1.86. The second-order valence-electron chi connectivity index (χ2n) is 0.521. The first-order valence-corrected chi connectivity index (χ1v) is 5.41. The molecule has 9 heteroatoms. The SMILES string of the molecule is NS(=O)[S-].NS([O-])=S.[Cu+2]. The van der Waals surface area contributed by atoms with Crippen LogP contribution in [0.1, 0.15) is 0 Å². The maximum absolute atomic E-state index is 9.15. The topological polar surface area (TPSA) is 92.2 Å². The van der Waals surface area contributed by atoms with E-state index in [9.17, 15) is 0 Å². The maximum atomic E-state index is 9.15. The van der Waals surface area contributed by atoms with E-state index in [0.717, 1.165) is 0 Å². The molecule has 0 aromatic heterocycles. The summed E-state index contributed by atoms with van der Waals surface area (Å²) in [4.78, 5) is 0. The van der Waals surface area contributed by atoms with Crippen molar-refractivity contribution >= 4 is 42.8 Å². The monoisotopic (exact) mass is 255 g/mol. The molecule has 0 spiro atoms. The molecular formula is H4CuN2O2S4. The Morgan fingerprint density at radius 3 is 1.56 bits per heavy atom. The number of hydrogen-bond acceptors (Lipinski definition) is 4. The Labute approximate surface area is 78.6 Å². The molecule has 0 aliphatic heterocycles. The largest absolute Gasteiger partial charge is 2.00 e. The Balaban J connectivity index is -0.0000000720. The van der Waals surface area contributed by atoms with Crippen molar-refractivity contribution in [3.63, 3.8) is 0 Å². The second-order valence-corrected chi connectivity index (χ2v) is 3.53. The van der Waals surface area contributed by atoms with E-state index in [1.54, 1.807) is 0 Å². The van der Waals surface area contributed by atoms with Crippen molar-refractivity contribution in [2.45, 2.75) is 0 Å². The van der Waals surface area contributed by atoms with Gasteiger partial charge in [-0.15, -0.1) is 9.92 Å². The van der Waals surface area contributed by atoms with Crippen molar-refractivity contribution in [2.24, 2.45) is 10.3 Å². The smallest absolute Gasteiger partial charge is 0.783 e. The average Bonchev–Trinajstić information content (AvgIpc) is 1.25. The fourth-order valence-electron chi connectivity index (χ4n) is 0. The van der Waals surface area contributed by atoms with Crippen molar-refractivity contribution in [1.82, 2.24) is 0 Å². The van der Waals surface area contributed by atoms with E-state index < -0.39 is 19.9 Å². The minimum atomic E-state index is -1.53. The van der Waals surface area contributed by atoms with Crippen molar-refractivity contribution in [1.29, 1.82) is 0 Å². The van der Waals surface area contributed by atoms with Crippen LogP contribution < -0.4 is 10.3 Å². The molecule has 1 radical (unpaired) electrons. The van der Waals surface area contributed by atoms with Gasteiger partial charge in [-0.3, -0.25) is 14.5 Å². The van der Waals surface area contributed by atoms with Crippen molar-refractivity contribution in [3.8, 4) is 0 Å². The van der Waals surface area contributed by atoms with Crippen LogP contribution in [0.5, 0.6) is 0 Å². The van der Waals surface area contributed by atoms with Gasteiger partial charge in [0.15, 0.2) is 0 Å². The van der Waals surface area contributed by atoms with Gasteiger partial charge in [-0.05, 0) is 0 Å². The second kappa shape index (κ2) is 12.2. The van der Waals surface area contributed by atoms with Gasteiger partial charge in [0.05, 0.1) is 0 Å². The normalized spacial score (nSPS) is 13.8. The number of rotatable bonds is 0. The molecule has 0 aromatic carbocycles. The van der Waals surface area contributed by atoms with Crippen LogP contribution in [-0.4, -0.2) is 8.76 Å². The Hall–Kier alpha value is 1.47. The summed E-state index contributed by atoms with van der Waals surface area (Å²) >= 11 is 7.74. The van der Waals surface area contributed by atoms with Crippen LogP contribution in [0.3, 0.4) is 0 Å². The molecule has 0 aliphatic carbocycles. The quantitative estimate of drug-likeness (QED) is 0.301. The summed E-state index contributed by atoms with van der Waals surface area (Å²) in [5.41, 5.74) is 0. The van der Waals surface area contributed by atoms with Crippen molar-refractivity contribution in [2.75, 3.05) is 0 Å². The zero-order valence-electron chi connectivity index (χ0n) is 3.91. The summed E-state index contributed by atoms with van der Waals surface area (Å²) in [6, 6.07) is 0. The fraction of sp³-hybridized carbons (Fsp3) is 0. The van der Waals surface area contributed by atoms with Gasteiger partial charge in [-0.1, -0.05) is 21.2 Å². The van der Waals surface area contributed by atoms with Gasteiger partial charge in [-0.2, -0.15) is 0 Å². The van der Waals surface area contributed by atoms with Gasteiger partial charge >= 0.3 is 17.1 Å². The molecular weight excluding hydrogens is 252 g/mol. The molecule has 9 heavy (non-hydrogen) atoms. The zero-order valence-corrected chi connectivity index (χ0v) is 8.11. The summed E-state index contributed by atoms with van der Waals surface area (Å²) < 4.78 is 18.3. The van der Waals surface area contributed by atoms with E-state index in [4.69, 9.17) is 8.76 Å². The molecule has 0 rings (SSSR count). The maximum Gasteiger partial charge on any atom is 2.00 e. The molecule has 2 unspecified atom stereocenters. The predicted molar refractivity (Wildman–Crippen MR) is 39.4 cm³/mol. The Morgan fingerprint density at radius 1 is 1.56 bits per heavy atom. The molecule has 0 saturated carbocycles. The van der Waals surface area contributed by atoms with E-state index in [1.807, 2.05) is 0 Å². The third-order valence-electron chi connectivity index (χ3n) is 0. The fourth-order valence-corrected chi connectivity index (χ4v) is 0. The minimum absolute atomic E-state index is 0. The summed E-state index contributed by atoms with van der Waals surface area (Å²) in [6.07, 6.45) is 0. The Kier molecular flexibility index (Phi) is 22.8. The van der Waals surface area contributed by atoms with E-state index in [0.29, 0.717) is 0 Å². The standard InChI is InChI=1S/Cu.2H3NOS2/c;2*1-4(2)3/h;2*1H2,(H,2,3)/q+2;;/p-2. The Bertz CT molecular complexity index is 74.6. The molecule has 0 aliphatic rings. The van der Waals surface area contributed by atoms with Crippen LogP contribution in [0, 0.1) is 0 Å². The molecule has 0 bridgehead atoms. The summed E-state index contributed by atoms with van der Waals surface area (Å²) in [5.74, 6) is 0. The molecule has 0 heterocycles. The molecule has 0 saturated heterocycles. The number of hydrogen-bond donors (Lipinski definition) is 2. The zero-order chi connectivity index (χ0) is 7.15. The van der Waals surface area contributed by atoms with E-state index in [2.05, 4.69) is 33.1 Å². The first-order valence-electron chi connectivity index (χ1n) is 1.14. The molecule has 0 fully saturated rings. The molecule has 2 atom stereocenters. The summed E-state index contributed by atoms with van der Waals surface area (Å²) in [7, 11) is -3.06. The van der Waals surface area contributed by atoms with Gasteiger partial charge in [0, 0.05) is 0 Å². The molecule has 61 valence electrons. The van der Waals surface area contributed by atoms with Gasteiger partial charge in [0.2, 0.25) is 0 Å². The van der Waals surface area contributed by atoms with E-state index >= 15 is 0 Å². The van der Waals surface area contributed by atoms with Crippen molar-refractivity contribution < 1.29 is 25.8 Å². The van der Waals surface area contributed by atoms with Crippen molar-refractivity contribution in [3.05, 3.63) is 0 Å². The third-order valence-corrected chi connectivity index (χ3v) is 0. The van der Waals surface area contributed by atoms with E-state index in [-0.39, 0.29) is 17.1 Å². The molecule has 4 nitrogen and oxygen atoms in total. The van der Waals surface area contributed by atoms with Gasteiger partial charge in [0.25, 0.3) is 0 Å². The van der Waals surface area contributed by atoms with Crippen LogP contribution in [0.15, 0.2) is 0 Å². The first kappa shape index (κ1) is 16.8. The number of nitrogens with two attached hydrogens (primary N) is 2. The summed E-state index contributed by atoms with van der Waals surface area (Å²) in [5, 5.41) is 8.80. The van der Waals surface area contributed by atoms with Gasteiger partial charge in [0.1, 0.15) is 0 Å². The van der Waals surface area contributed by atoms with Gasteiger partial charge < -0.3 is 16.2 Å². The van der Waals surface area contributed by atoms with Crippen LogP contribution in [-0.2, 0) is 59.9 Å². The van der Waals surface area contributed by atoms with Crippen LogP contribution in [0.25, 0.3) is 0 Å². The minimum Gasteiger partial charge on any atom is -0.783 e. The van der Waals surface area contributed by atoms with Crippen LogP contribution in [0.2, 0.25) is 0 Å². The first-order chi connectivity index (χ1) is 3.46. The average molecular weight is 256 g/mol. The van der Waals surface area contributed by atoms with Gasteiger partial charge in [-0.25, -0.2) is 0 Å². The third kappa shape index (κ3) is 245. The molecule has 0 aromatic rings. The van der Waals surface area contributed by atoms with Crippen LogP contribution >= 0.6 is 0 Å². The van der Waals surface area contributed by atoms with E-state index in [1.165, 1.54) is 0 Å². The molecule has 4 N–H and O–H groups in total. The molecule has 0 amide bonds. The Morgan fingerprint density at radius 2 is 1.56 bits per heavy atom. The van der Waals surface area contributed by atoms with Crippen LogP contribution in [0.4, 0.5) is 0 Å². The summed E-state index contributed by atoms with van der Waals surface area (Å²) in [6.45, 7) is 0.